The first kappa shape index (κ1) is 15.0. The molecule has 0 aliphatic carbocycles. The minimum absolute atomic E-state index is 0.177. The smallest absolute Gasteiger partial charge is 0.311 e. The minimum atomic E-state index is -0.528. The van der Waals surface area contributed by atoms with E-state index in [0.29, 0.717) is 13.2 Å². The summed E-state index contributed by atoms with van der Waals surface area (Å²) in [5.41, 5.74) is 2.08. The van der Waals surface area contributed by atoms with Gasteiger partial charge in [0, 0.05) is 23.9 Å². The maximum atomic E-state index is 12.7. The maximum Gasteiger partial charge on any atom is 0.311 e. The van der Waals surface area contributed by atoms with E-state index in [-0.39, 0.29) is 22.9 Å². The van der Waals surface area contributed by atoms with Gasteiger partial charge in [0.25, 0.3) is 5.91 Å². The number of rotatable bonds is 4. The Hall–Kier alpha value is -2.89. The van der Waals surface area contributed by atoms with Crippen LogP contribution in [0.5, 0.6) is 5.75 Å². The van der Waals surface area contributed by atoms with Gasteiger partial charge in [-0.05, 0) is 37.1 Å². The van der Waals surface area contributed by atoms with Crippen LogP contribution >= 0.6 is 0 Å². The first-order valence-electron chi connectivity index (χ1n) is 7.43. The van der Waals surface area contributed by atoms with Crippen molar-refractivity contribution in [2.24, 2.45) is 0 Å². The molecule has 1 aliphatic heterocycles. The number of para-hydroxylation sites is 1. The molecule has 6 nitrogen and oxygen atoms in total. The van der Waals surface area contributed by atoms with Crippen LogP contribution in [0.3, 0.4) is 0 Å². The summed E-state index contributed by atoms with van der Waals surface area (Å²) in [6, 6.07) is 12.0. The SMILES string of the molecule is CCOc1ccc(C(=O)N2CCc3ccccc32)cc1[N+](=O)[O-]. The molecule has 0 fully saturated rings. The molecule has 0 aromatic heterocycles. The standard InChI is InChI=1S/C17H16N2O4/c1-2-23-16-8-7-13(11-15(16)19(21)22)17(20)18-10-9-12-5-3-4-6-14(12)18/h3-8,11H,2,9-10H2,1H3. The molecule has 6 heteroatoms. The van der Waals surface area contributed by atoms with Crippen molar-refractivity contribution in [2.45, 2.75) is 13.3 Å². The third kappa shape index (κ3) is 2.75. The molecule has 1 aliphatic rings. The molecular weight excluding hydrogens is 296 g/mol. The predicted molar refractivity (Wildman–Crippen MR) is 86.1 cm³/mol. The summed E-state index contributed by atoms with van der Waals surface area (Å²) in [7, 11) is 0. The summed E-state index contributed by atoms with van der Waals surface area (Å²) in [6.45, 7) is 2.66. The van der Waals surface area contributed by atoms with Gasteiger partial charge in [0.2, 0.25) is 0 Å². The van der Waals surface area contributed by atoms with E-state index in [4.69, 9.17) is 4.74 Å². The van der Waals surface area contributed by atoms with Crippen molar-refractivity contribution in [3.05, 3.63) is 63.7 Å². The zero-order valence-electron chi connectivity index (χ0n) is 12.7. The number of ether oxygens (including phenoxy) is 1. The van der Waals surface area contributed by atoms with E-state index in [1.165, 1.54) is 12.1 Å². The summed E-state index contributed by atoms with van der Waals surface area (Å²) in [5.74, 6) is -0.0584. The number of carbonyl (C=O) groups excluding carboxylic acids is 1. The highest BCUT2D eigenvalue weighted by atomic mass is 16.6. The van der Waals surface area contributed by atoms with Crippen LogP contribution in [0.2, 0.25) is 0 Å². The monoisotopic (exact) mass is 312 g/mol. The zero-order valence-corrected chi connectivity index (χ0v) is 12.7. The minimum Gasteiger partial charge on any atom is -0.487 e. The molecule has 0 saturated heterocycles. The van der Waals surface area contributed by atoms with Gasteiger partial charge < -0.3 is 9.64 Å². The van der Waals surface area contributed by atoms with Crippen LogP contribution in [0.1, 0.15) is 22.8 Å². The fraction of sp³-hybridized carbons (Fsp3) is 0.235. The van der Waals surface area contributed by atoms with Crippen molar-refractivity contribution in [1.82, 2.24) is 0 Å². The molecule has 0 bridgehead atoms. The predicted octanol–water partition coefficient (Wildman–Crippen LogP) is 3.20. The highest BCUT2D eigenvalue weighted by molar-refractivity contribution is 6.07. The van der Waals surface area contributed by atoms with E-state index in [0.717, 1.165) is 17.7 Å². The number of nitro benzene ring substituents is 1. The van der Waals surface area contributed by atoms with Crippen LogP contribution in [0.15, 0.2) is 42.5 Å². The van der Waals surface area contributed by atoms with Crippen LogP contribution in [0.25, 0.3) is 0 Å². The number of hydrogen-bond acceptors (Lipinski definition) is 4. The van der Waals surface area contributed by atoms with Gasteiger partial charge in [-0.1, -0.05) is 18.2 Å². The topological polar surface area (TPSA) is 72.7 Å². The van der Waals surface area contributed by atoms with Crippen LogP contribution in [-0.4, -0.2) is 24.0 Å². The summed E-state index contributed by atoms with van der Waals surface area (Å²) >= 11 is 0. The number of amides is 1. The number of benzene rings is 2. The summed E-state index contributed by atoms with van der Waals surface area (Å²) in [4.78, 5) is 25.0. The highest BCUT2D eigenvalue weighted by Crippen LogP contribution is 2.32. The Morgan fingerprint density at radius 1 is 1.30 bits per heavy atom. The maximum absolute atomic E-state index is 12.7. The molecule has 1 heterocycles. The highest BCUT2D eigenvalue weighted by Gasteiger charge is 2.27. The van der Waals surface area contributed by atoms with E-state index in [1.54, 1.807) is 17.9 Å². The van der Waals surface area contributed by atoms with E-state index in [9.17, 15) is 14.9 Å². The van der Waals surface area contributed by atoms with Gasteiger partial charge in [-0.2, -0.15) is 0 Å². The van der Waals surface area contributed by atoms with Crippen molar-refractivity contribution in [3.63, 3.8) is 0 Å². The summed E-state index contributed by atoms with van der Waals surface area (Å²) in [5, 5.41) is 11.2. The molecule has 0 radical (unpaired) electrons. The summed E-state index contributed by atoms with van der Waals surface area (Å²) in [6.07, 6.45) is 0.793. The molecule has 0 N–H and O–H groups in total. The number of carbonyl (C=O) groups is 1. The van der Waals surface area contributed by atoms with Crippen molar-refractivity contribution in [3.8, 4) is 5.75 Å². The second-order valence-electron chi connectivity index (χ2n) is 5.21. The lowest BCUT2D eigenvalue weighted by molar-refractivity contribution is -0.385. The Morgan fingerprint density at radius 2 is 2.09 bits per heavy atom. The Bertz CT molecular complexity index is 773. The first-order chi connectivity index (χ1) is 11.1. The zero-order chi connectivity index (χ0) is 16.4. The largest absolute Gasteiger partial charge is 0.487 e. The van der Waals surface area contributed by atoms with E-state index in [2.05, 4.69) is 0 Å². The molecule has 1 amide bonds. The lowest BCUT2D eigenvalue weighted by atomic mass is 10.1. The van der Waals surface area contributed by atoms with Crippen LogP contribution in [0, 0.1) is 10.1 Å². The van der Waals surface area contributed by atoms with Gasteiger partial charge in [-0.25, -0.2) is 0 Å². The third-order valence-electron chi connectivity index (χ3n) is 3.83. The average molecular weight is 312 g/mol. The van der Waals surface area contributed by atoms with Crippen LogP contribution in [0.4, 0.5) is 11.4 Å². The number of nitro groups is 1. The molecule has 118 valence electrons. The molecule has 2 aromatic rings. The fourth-order valence-electron chi connectivity index (χ4n) is 2.78. The van der Waals surface area contributed by atoms with Gasteiger partial charge in [-0.15, -0.1) is 0 Å². The molecule has 0 saturated carbocycles. The van der Waals surface area contributed by atoms with E-state index < -0.39 is 4.92 Å². The van der Waals surface area contributed by atoms with Crippen LogP contribution < -0.4 is 9.64 Å². The van der Waals surface area contributed by atoms with Crippen LogP contribution in [-0.2, 0) is 6.42 Å². The third-order valence-corrected chi connectivity index (χ3v) is 3.83. The lowest BCUT2D eigenvalue weighted by Crippen LogP contribution is -2.28. The molecule has 0 unspecified atom stereocenters. The second kappa shape index (κ2) is 6.08. The molecule has 0 atom stereocenters. The lowest BCUT2D eigenvalue weighted by Gasteiger charge is -2.17. The first-order valence-corrected chi connectivity index (χ1v) is 7.43. The molecule has 0 spiro atoms. The second-order valence-corrected chi connectivity index (χ2v) is 5.21. The van der Waals surface area contributed by atoms with Gasteiger partial charge in [-0.3, -0.25) is 14.9 Å². The number of hydrogen-bond donors (Lipinski definition) is 0. The quantitative estimate of drug-likeness (QED) is 0.642. The van der Waals surface area contributed by atoms with E-state index in [1.807, 2.05) is 24.3 Å². The van der Waals surface area contributed by atoms with Crippen molar-refractivity contribution >= 4 is 17.3 Å². The number of fused-ring (bicyclic) bond motifs is 1. The Morgan fingerprint density at radius 3 is 2.83 bits per heavy atom. The van der Waals surface area contributed by atoms with Gasteiger partial charge in [0.05, 0.1) is 11.5 Å². The van der Waals surface area contributed by atoms with Gasteiger partial charge >= 0.3 is 5.69 Å². The average Bonchev–Trinajstić information content (AvgIpc) is 2.98. The van der Waals surface area contributed by atoms with Crippen molar-refractivity contribution in [2.75, 3.05) is 18.1 Å². The van der Waals surface area contributed by atoms with Gasteiger partial charge in [0.15, 0.2) is 5.75 Å². The normalized spacial score (nSPS) is 12.8. The number of anilines is 1. The van der Waals surface area contributed by atoms with E-state index >= 15 is 0 Å². The Kier molecular flexibility index (Phi) is 3.97. The fourth-order valence-corrected chi connectivity index (χ4v) is 2.78. The van der Waals surface area contributed by atoms with Gasteiger partial charge in [0.1, 0.15) is 0 Å². The Labute approximate surface area is 133 Å². The Balaban J connectivity index is 1.95. The van der Waals surface area contributed by atoms with Crippen molar-refractivity contribution < 1.29 is 14.5 Å². The van der Waals surface area contributed by atoms with Crippen molar-refractivity contribution in [1.29, 1.82) is 0 Å². The number of nitrogens with zero attached hydrogens (tertiary/aromatic N) is 2. The molecular formula is C17H16N2O4. The molecule has 23 heavy (non-hydrogen) atoms. The summed E-state index contributed by atoms with van der Waals surface area (Å²) < 4.78 is 5.25. The molecule has 3 rings (SSSR count). The molecule has 2 aromatic carbocycles.